The molecule has 0 bridgehead atoms. The van der Waals surface area contributed by atoms with Crippen LogP contribution in [-0.4, -0.2) is 20.8 Å². The summed E-state index contributed by atoms with van der Waals surface area (Å²) in [5, 5.41) is 3.40. The van der Waals surface area contributed by atoms with E-state index in [9.17, 15) is 0 Å². The first-order valence-electron chi connectivity index (χ1n) is 7.50. The van der Waals surface area contributed by atoms with Crippen molar-refractivity contribution in [3.63, 3.8) is 0 Å². The number of rotatable bonds is 7. The van der Waals surface area contributed by atoms with E-state index < -0.39 is 0 Å². The largest absolute Gasteiger partial charge is 0.493 e. The van der Waals surface area contributed by atoms with Gasteiger partial charge in [0, 0.05) is 18.7 Å². The predicted octanol–water partition coefficient (Wildman–Crippen LogP) is 3.67. The van der Waals surface area contributed by atoms with Gasteiger partial charge in [-0.25, -0.2) is 0 Å². The highest BCUT2D eigenvalue weighted by atomic mass is 16.5. The highest BCUT2D eigenvalue weighted by Gasteiger charge is 2.14. The highest BCUT2D eigenvalue weighted by Crippen LogP contribution is 2.35. The Bertz CT molecular complexity index is 429. The van der Waals surface area contributed by atoms with Gasteiger partial charge in [0.1, 0.15) is 0 Å². The summed E-state index contributed by atoms with van der Waals surface area (Å²) >= 11 is 0. The molecule has 1 saturated carbocycles. The molecule has 0 saturated heterocycles. The quantitative estimate of drug-likeness (QED) is 0.590. The van der Waals surface area contributed by atoms with Gasteiger partial charge in [0.2, 0.25) is 0 Å². The predicted molar refractivity (Wildman–Crippen MR) is 83.6 cm³/mol. The molecule has 4 nitrogen and oxygen atoms in total. The van der Waals surface area contributed by atoms with Gasteiger partial charge in [-0.3, -0.25) is 0 Å². The van der Waals surface area contributed by atoms with E-state index in [-0.39, 0.29) is 0 Å². The van der Waals surface area contributed by atoms with Crippen LogP contribution in [-0.2, 0) is 0 Å². The molecule has 0 heterocycles. The fourth-order valence-electron chi connectivity index (χ4n) is 2.96. The number of nitrogens with one attached hydrogen (secondary N) is 1. The average Bonchev–Trinajstić information content (AvgIpc) is 2.97. The van der Waals surface area contributed by atoms with Crippen molar-refractivity contribution in [2.75, 3.05) is 31.8 Å². The number of ether oxygens (including phenoxy) is 2. The van der Waals surface area contributed by atoms with Gasteiger partial charge in [-0.15, -0.1) is 0 Å². The van der Waals surface area contributed by atoms with Crippen LogP contribution in [0.3, 0.4) is 0 Å². The van der Waals surface area contributed by atoms with Gasteiger partial charge in [-0.05, 0) is 18.8 Å². The Balaban J connectivity index is 1.85. The van der Waals surface area contributed by atoms with E-state index in [1.165, 1.54) is 38.5 Å². The molecular formula is C16H26N2O2. The Labute approximate surface area is 121 Å². The standard InChI is InChI=1S/C16H26N2O2/c1-19-15-10-13(17)14(11-16(15)20-2)18-9-5-8-12-6-3-4-7-12/h10-12,18H,3-9,17H2,1-2H3. The zero-order valence-electron chi connectivity index (χ0n) is 12.6. The Morgan fingerprint density at radius 1 is 1.15 bits per heavy atom. The number of hydrogen-bond acceptors (Lipinski definition) is 4. The Hall–Kier alpha value is -1.58. The van der Waals surface area contributed by atoms with Gasteiger partial charge in [0.25, 0.3) is 0 Å². The molecule has 4 heteroatoms. The van der Waals surface area contributed by atoms with E-state index in [0.29, 0.717) is 17.2 Å². The molecule has 1 aromatic carbocycles. The number of methoxy groups -OCH3 is 2. The molecule has 20 heavy (non-hydrogen) atoms. The fourth-order valence-corrected chi connectivity index (χ4v) is 2.96. The molecule has 1 aliphatic carbocycles. The number of hydrogen-bond donors (Lipinski definition) is 2. The van der Waals surface area contributed by atoms with Crippen molar-refractivity contribution in [2.24, 2.45) is 5.92 Å². The van der Waals surface area contributed by atoms with Gasteiger partial charge < -0.3 is 20.5 Å². The van der Waals surface area contributed by atoms with Crippen LogP contribution in [0.25, 0.3) is 0 Å². The number of benzene rings is 1. The van der Waals surface area contributed by atoms with Crippen molar-refractivity contribution in [1.82, 2.24) is 0 Å². The summed E-state index contributed by atoms with van der Waals surface area (Å²) in [4.78, 5) is 0. The maximum atomic E-state index is 6.03. The normalized spacial score (nSPS) is 15.3. The first kappa shape index (κ1) is 14.8. The summed E-state index contributed by atoms with van der Waals surface area (Å²) in [6.07, 6.45) is 8.18. The smallest absolute Gasteiger partial charge is 0.162 e. The minimum atomic E-state index is 0.668. The van der Waals surface area contributed by atoms with E-state index in [0.717, 1.165) is 18.2 Å². The lowest BCUT2D eigenvalue weighted by molar-refractivity contribution is 0.355. The Kier molecular flexibility index (Phi) is 5.39. The second-order valence-electron chi connectivity index (χ2n) is 5.51. The van der Waals surface area contributed by atoms with E-state index in [2.05, 4.69) is 5.32 Å². The van der Waals surface area contributed by atoms with Crippen LogP contribution in [0.15, 0.2) is 12.1 Å². The van der Waals surface area contributed by atoms with Crippen molar-refractivity contribution in [1.29, 1.82) is 0 Å². The third-order valence-electron chi connectivity index (χ3n) is 4.14. The third kappa shape index (κ3) is 3.71. The lowest BCUT2D eigenvalue weighted by Gasteiger charge is -2.15. The van der Waals surface area contributed by atoms with E-state index >= 15 is 0 Å². The summed E-state index contributed by atoms with van der Waals surface area (Å²) < 4.78 is 10.5. The lowest BCUT2D eigenvalue weighted by Crippen LogP contribution is -2.07. The first-order valence-corrected chi connectivity index (χ1v) is 7.50. The lowest BCUT2D eigenvalue weighted by atomic mass is 10.0. The van der Waals surface area contributed by atoms with Crippen molar-refractivity contribution >= 4 is 11.4 Å². The van der Waals surface area contributed by atoms with Crippen LogP contribution in [0, 0.1) is 5.92 Å². The van der Waals surface area contributed by atoms with Crippen LogP contribution < -0.4 is 20.5 Å². The summed E-state index contributed by atoms with van der Waals surface area (Å²) in [5.74, 6) is 2.32. The van der Waals surface area contributed by atoms with Crippen molar-refractivity contribution in [2.45, 2.75) is 38.5 Å². The molecule has 0 spiro atoms. The minimum absolute atomic E-state index is 0.668. The van der Waals surface area contributed by atoms with Crippen molar-refractivity contribution in [3.8, 4) is 11.5 Å². The molecule has 0 radical (unpaired) electrons. The average molecular weight is 278 g/mol. The molecular weight excluding hydrogens is 252 g/mol. The van der Waals surface area contributed by atoms with Crippen LogP contribution in [0.5, 0.6) is 11.5 Å². The fraction of sp³-hybridized carbons (Fsp3) is 0.625. The number of nitrogens with two attached hydrogens (primary N) is 1. The van der Waals surface area contributed by atoms with Gasteiger partial charge in [0.05, 0.1) is 25.6 Å². The molecule has 112 valence electrons. The molecule has 1 aromatic rings. The monoisotopic (exact) mass is 278 g/mol. The third-order valence-corrected chi connectivity index (χ3v) is 4.14. The van der Waals surface area contributed by atoms with Gasteiger partial charge >= 0.3 is 0 Å². The SMILES string of the molecule is COc1cc(N)c(NCCCC2CCCC2)cc1OC. The first-order chi connectivity index (χ1) is 9.74. The maximum Gasteiger partial charge on any atom is 0.162 e. The Morgan fingerprint density at radius 3 is 2.45 bits per heavy atom. The zero-order chi connectivity index (χ0) is 14.4. The summed E-state index contributed by atoms with van der Waals surface area (Å²) in [5.41, 5.74) is 7.65. The van der Waals surface area contributed by atoms with Gasteiger partial charge in [-0.2, -0.15) is 0 Å². The summed E-state index contributed by atoms with van der Waals surface area (Å²) in [7, 11) is 3.25. The molecule has 0 unspecified atom stereocenters. The van der Waals surface area contributed by atoms with E-state index in [4.69, 9.17) is 15.2 Å². The van der Waals surface area contributed by atoms with Crippen molar-refractivity contribution in [3.05, 3.63) is 12.1 Å². The second-order valence-corrected chi connectivity index (χ2v) is 5.51. The number of anilines is 2. The molecule has 0 atom stereocenters. The highest BCUT2D eigenvalue weighted by molar-refractivity contribution is 5.71. The van der Waals surface area contributed by atoms with Crippen LogP contribution in [0.2, 0.25) is 0 Å². The van der Waals surface area contributed by atoms with E-state index in [1.807, 2.05) is 6.07 Å². The molecule has 2 rings (SSSR count). The van der Waals surface area contributed by atoms with Crippen LogP contribution in [0.4, 0.5) is 11.4 Å². The topological polar surface area (TPSA) is 56.5 Å². The molecule has 0 aromatic heterocycles. The number of nitrogen functional groups attached to an aromatic ring is 1. The molecule has 1 aliphatic rings. The van der Waals surface area contributed by atoms with Crippen LogP contribution >= 0.6 is 0 Å². The van der Waals surface area contributed by atoms with Crippen LogP contribution in [0.1, 0.15) is 38.5 Å². The summed E-state index contributed by atoms with van der Waals surface area (Å²) in [6.45, 7) is 0.955. The Morgan fingerprint density at radius 2 is 1.80 bits per heavy atom. The van der Waals surface area contributed by atoms with Gasteiger partial charge in [-0.1, -0.05) is 25.7 Å². The molecule has 0 aliphatic heterocycles. The summed E-state index contributed by atoms with van der Waals surface area (Å²) in [6, 6.07) is 3.71. The molecule has 1 fully saturated rings. The van der Waals surface area contributed by atoms with Gasteiger partial charge in [0.15, 0.2) is 11.5 Å². The zero-order valence-corrected chi connectivity index (χ0v) is 12.6. The second kappa shape index (κ2) is 7.27. The van der Waals surface area contributed by atoms with Crippen molar-refractivity contribution < 1.29 is 9.47 Å². The van der Waals surface area contributed by atoms with E-state index in [1.54, 1.807) is 20.3 Å². The minimum Gasteiger partial charge on any atom is -0.493 e. The molecule has 0 amide bonds. The molecule has 3 N–H and O–H groups in total. The maximum absolute atomic E-state index is 6.03.